The molecule has 4 amide bonds. The summed E-state index contributed by atoms with van der Waals surface area (Å²) >= 11 is 0. The monoisotopic (exact) mass is 429 g/mol. The van der Waals surface area contributed by atoms with E-state index in [1.165, 1.54) is 0 Å². The molecule has 2 N–H and O–H groups in total. The fourth-order valence-corrected chi connectivity index (χ4v) is 4.70. The molecule has 3 aromatic rings. The van der Waals surface area contributed by atoms with Gasteiger partial charge in [0, 0.05) is 0 Å². The van der Waals surface area contributed by atoms with Gasteiger partial charge in [0.2, 0.25) is 5.91 Å². The van der Waals surface area contributed by atoms with Crippen molar-refractivity contribution in [1.29, 1.82) is 0 Å². The van der Waals surface area contributed by atoms with E-state index in [1.807, 2.05) is 61.5 Å². The highest BCUT2D eigenvalue weighted by Crippen LogP contribution is 2.41. The quantitative estimate of drug-likeness (QED) is 0.624. The molecule has 1 aliphatic heterocycles. The summed E-state index contributed by atoms with van der Waals surface area (Å²) in [4.78, 5) is 39.8. The van der Waals surface area contributed by atoms with Gasteiger partial charge in [0.05, 0.1) is 22.8 Å². The third-order valence-electron chi connectivity index (χ3n) is 6.28. The van der Waals surface area contributed by atoms with E-state index in [4.69, 9.17) is 0 Å². The van der Waals surface area contributed by atoms with Crippen LogP contribution < -0.4 is 10.6 Å². The molecule has 2 aliphatic rings. The summed E-state index contributed by atoms with van der Waals surface area (Å²) in [6, 6.07) is 16.7. The third-order valence-corrected chi connectivity index (χ3v) is 6.28. The fraction of sp³-hybridized carbons (Fsp3) is 0.250. The van der Waals surface area contributed by atoms with Gasteiger partial charge in [0.1, 0.15) is 12.1 Å². The summed E-state index contributed by atoms with van der Waals surface area (Å²) < 4.78 is 1.75. The predicted molar refractivity (Wildman–Crippen MR) is 118 cm³/mol. The molecule has 0 radical (unpaired) electrons. The Labute approximate surface area is 185 Å². The smallest absolute Gasteiger partial charge is 0.321 e. The number of imide groups is 1. The zero-order valence-corrected chi connectivity index (χ0v) is 17.9. The van der Waals surface area contributed by atoms with Gasteiger partial charge in [-0.25, -0.2) is 9.48 Å². The Morgan fingerprint density at radius 1 is 1.09 bits per heavy atom. The first-order chi connectivity index (χ1) is 15.4. The van der Waals surface area contributed by atoms with Crippen molar-refractivity contribution < 1.29 is 14.4 Å². The molecule has 1 saturated heterocycles. The number of hydrogen-bond acceptors (Lipinski definition) is 4. The molecule has 1 atom stereocenters. The number of aromatic nitrogens is 2. The lowest BCUT2D eigenvalue weighted by Crippen LogP contribution is -2.43. The van der Waals surface area contributed by atoms with Crippen molar-refractivity contribution in [2.75, 3.05) is 11.9 Å². The Kier molecular flexibility index (Phi) is 4.58. The lowest BCUT2D eigenvalue weighted by molar-refractivity contribution is -0.134. The van der Waals surface area contributed by atoms with Crippen molar-refractivity contribution in [3.63, 3.8) is 0 Å². The van der Waals surface area contributed by atoms with Crippen molar-refractivity contribution >= 4 is 23.5 Å². The number of nitrogens with one attached hydrogen (secondary N) is 2. The first kappa shape index (κ1) is 20.0. The van der Waals surface area contributed by atoms with Gasteiger partial charge in [-0.15, -0.1) is 0 Å². The second-order valence-corrected chi connectivity index (χ2v) is 8.23. The molecular weight excluding hydrogens is 406 g/mol. The molecule has 0 unspecified atom stereocenters. The number of amides is 4. The van der Waals surface area contributed by atoms with Gasteiger partial charge in [0.15, 0.2) is 0 Å². The van der Waals surface area contributed by atoms with E-state index in [1.54, 1.807) is 11.6 Å². The predicted octanol–water partition coefficient (Wildman–Crippen LogP) is 2.82. The van der Waals surface area contributed by atoms with Gasteiger partial charge in [-0.3, -0.25) is 14.5 Å². The van der Waals surface area contributed by atoms with Crippen LogP contribution in [0.4, 0.5) is 10.5 Å². The topological polar surface area (TPSA) is 96.3 Å². The molecule has 2 aromatic carbocycles. The largest absolute Gasteiger partial charge is 0.325 e. The molecule has 2 heterocycles. The number of fused-ring (bicyclic) bond motifs is 2. The van der Waals surface area contributed by atoms with Crippen LogP contribution in [0.3, 0.4) is 0 Å². The van der Waals surface area contributed by atoms with Gasteiger partial charge in [-0.2, -0.15) is 5.10 Å². The fourth-order valence-electron chi connectivity index (χ4n) is 4.70. The van der Waals surface area contributed by atoms with Crippen molar-refractivity contribution in [1.82, 2.24) is 20.0 Å². The number of urea groups is 1. The van der Waals surface area contributed by atoms with Crippen LogP contribution in [0.2, 0.25) is 0 Å². The molecule has 8 nitrogen and oxygen atoms in total. The van der Waals surface area contributed by atoms with Gasteiger partial charge >= 0.3 is 6.03 Å². The van der Waals surface area contributed by atoms with E-state index in [0.29, 0.717) is 24.2 Å². The average Bonchev–Trinajstić information content (AvgIpc) is 3.39. The standard InChI is InChI=1S/C24H23N5O3/c1-15-21(16(2)29(27-15)18-9-4-3-5-10-18)25-20(30)14-28-22(31)24(26-23(28)32)13-12-17-8-6-7-11-19(17)24/h3-11H,12-14H2,1-2H3,(H,25,30)(H,26,32)/t24-/m1/s1. The summed E-state index contributed by atoms with van der Waals surface area (Å²) in [5.41, 5.74) is 3.66. The second-order valence-electron chi connectivity index (χ2n) is 8.23. The van der Waals surface area contributed by atoms with Gasteiger partial charge in [-0.05, 0) is 49.9 Å². The molecule has 162 valence electrons. The van der Waals surface area contributed by atoms with Crippen LogP contribution in [0.5, 0.6) is 0 Å². The summed E-state index contributed by atoms with van der Waals surface area (Å²) in [6.07, 6.45) is 1.20. The maximum Gasteiger partial charge on any atom is 0.325 e. The van der Waals surface area contributed by atoms with Crippen LogP contribution in [0.15, 0.2) is 54.6 Å². The third kappa shape index (κ3) is 2.98. The Hall–Kier alpha value is -3.94. The number of para-hydroxylation sites is 1. The number of benzene rings is 2. The van der Waals surface area contributed by atoms with Crippen LogP contribution >= 0.6 is 0 Å². The Morgan fingerprint density at radius 2 is 1.81 bits per heavy atom. The van der Waals surface area contributed by atoms with Crippen LogP contribution in [0, 0.1) is 13.8 Å². The number of nitrogens with zero attached hydrogens (tertiary/aromatic N) is 3. The van der Waals surface area contributed by atoms with E-state index in [9.17, 15) is 14.4 Å². The number of carbonyl (C=O) groups excluding carboxylic acids is 3. The minimum atomic E-state index is -1.07. The van der Waals surface area contributed by atoms with E-state index in [0.717, 1.165) is 27.4 Å². The number of rotatable bonds is 4. The molecule has 1 fully saturated rings. The first-order valence-corrected chi connectivity index (χ1v) is 10.5. The Balaban J connectivity index is 1.35. The van der Waals surface area contributed by atoms with Crippen molar-refractivity contribution in [2.24, 2.45) is 0 Å². The molecule has 1 spiro atoms. The molecule has 1 aromatic heterocycles. The summed E-state index contributed by atoms with van der Waals surface area (Å²) in [6.45, 7) is 3.31. The zero-order valence-electron chi connectivity index (χ0n) is 17.9. The highest BCUT2D eigenvalue weighted by molar-refractivity contribution is 6.11. The molecule has 1 aliphatic carbocycles. The van der Waals surface area contributed by atoms with Gasteiger partial charge in [0.25, 0.3) is 5.91 Å². The zero-order chi connectivity index (χ0) is 22.5. The Bertz CT molecular complexity index is 1250. The number of hydrogen-bond donors (Lipinski definition) is 2. The van der Waals surface area contributed by atoms with Crippen molar-refractivity contribution in [3.05, 3.63) is 77.1 Å². The SMILES string of the molecule is Cc1nn(-c2ccccc2)c(C)c1NC(=O)CN1C(=O)N[C@@]2(CCc3ccccc32)C1=O. The molecule has 5 rings (SSSR count). The van der Waals surface area contributed by atoms with Gasteiger partial charge < -0.3 is 10.6 Å². The van der Waals surface area contributed by atoms with Crippen LogP contribution in [-0.2, 0) is 21.5 Å². The number of carbonyl (C=O) groups is 3. The maximum atomic E-state index is 13.3. The summed E-state index contributed by atoms with van der Waals surface area (Å²) in [7, 11) is 0. The molecule has 0 bridgehead atoms. The van der Waals surface area contributed by atoms with E-state index in [-0.39, 0.29) is 12.5 Å². The highest BCUT2D eigenvalue weighted by Gasteiger charge is 2.55. The lowest BCUT2D eigenvalue weighted by Gasteiger charge is -2.22. The number of anilines is 1. The van der Waals surface area contributed by atoms with Gasteiger partial charge in [-0.1, -0.05) is 42.5 Å². The molecule has 32 heavy (non-hydrogen) atoms. The molecule has 0 saturated carbocycles. The van der Waals surface area contributed by atoms with E-state index in [2.05, 4.69) is 15.7 Å². The van der Waals surface area contributed by atoms with Crippen LogP contribution in [-0.4, -0.2) is 39.1 Å². The maximum absolute atomic E-state index is 13.3. The van der Waals surface area contributed by atoms with Crippen LogP contribution in [0.25, 0.3) is 5.69 Å². The molecule has 8 heteroatoms. The normalized spacial score (nSPS) is 19.4. The van der Waals surface area contributed by atoms with Crippen LogP contribution in [0.1, 0.15) is 28.9 Å². The van der Waals surface area contributed by atoms with E-state index < -0.39 is 17.5 Å². The minimum absolute atomic E-state index is 0.357. The van der Waals surface area contributed by atoms with E-state index >= 15 is 0 Å². The average molecular weight is 429 g/mol. The summed E-state index contributed by atoms with van der Waals surface area (Å²) in [5.74, 6) is -0.827. The lowest BCUT2D eigenvalue weighted by atomic mass is 9.92. The highest BCUT2D eigenvalue weighted by atomic mass is 16.2. The second kappa shape index (κ2) is 7.33. The first-order valence-electron chi connectivity index (χ1n) is 10.5. The summed E-state index contributed by atoms with van der Waals surface area (Å²) in [5, 5.41) is 10.2. The van der Waals surface area contributed by atoms with Crippen molar-refractivity contribution in [2.45, 2.75) is 32.2 Å². The minimum Gasteiger partial charge on any atom is -0.321 e. The Morgan fingerprint density at radius 3 is 2.59 bits per heavy atom. The number of aryl methyl sites for hydroxylation is 2. The molecular formula is C24H23N5O3. The van der Waals surface area contributed by atoms with Crippen molar-refractivity contribution in [3.8, 4) is 5.69 Å².